The zero-order chi connectivity index (χ0) is 22.8. The molecule has 0 aliphatic heterocycles. The van der Waals surface area contributed by atoms with Gasteiger partial charge in [0.2, 0.25) is 0 Å². The SMILES string of the molecule is O=C(COc1ccc(F)c(F)c1)NCCC(O)CNC(=O)COc1ccc(F)c(F)c1. The number of hydrogen-bond donors (Lipinski definition) is 3. The summed E-state index contributed by atoms with van der Waals surface area (Å²) in [5, 5.41) is 14.7. The van der Waals surface area contributed by atoms with Crippen LogP contribution in [0.5, 0.6) is 11.5 Å². The maximum absolute atomic E-state index is 13.0. The summed E-state index contributed by atoms with van der Waals surface area (Å²) in [5.41, 5.74) is 0. The number of amides is 2. The lowest BCUT2D eigenvalue weighted by molar-refractivity contribution is -0.124. The van der Waals surface area contributed by atoms with Gasteiger partial charge in [-0.1, -0.05) is 0 Å². The van der Waals surface area contributed by atoms with Gasteiger partial charge in [0.25, 0.3) is 11.8 Å². The second-order valence-corrected chi connectivity index (χ2v) is 6.33. The molecule has 168 valence electrons. The van der Waals surface area contributed by atoms with Gasteiger partial charge in [0.05, 0.1) is 6.10 Å². The molecule has 0 spiro atoms. The quantitative estimate of drug-likeness (QED) is 0.459. The van der Waals surface area contributed by atoms with Crippen LogP contribution in [-0.4, -0.2) is 49.3 Å². The third-order valence-electron chi connectivity index (χ3n) is 3.86. The lowest BCUT2D eigenvalue weighted by Crippen LogP contribution is -2.37. The molecule has 2 rings (SSSR count). The number of aliphatic hydroxyl groups excluding tert-OH is 1. The van der Waals surface area contributed by atoms with Gasteiger partial charge in [-0.25, -0.2) is 17.6 Å². The molecule has 0 heterocycles. The van der Waals surface area contributed by atoms with Gasteiger partial charge >= 0.3 is 0 Å². The number of rotatable bonds is 11. The fourth-order valence-electron chi connectivity index (χ4n) is 2.25. The first-order valence-electron chi connectivity index (χ1n) is 9.11. The van der Waals surface area contributed by atoms with Crippen molar-refractivity contribution in [2.75, 3.05) is 26.3 Å². The molecule has 2 amide bonds. The van der Waals surface area contributed by atoms with Gasteiger partial charge in [-0.05, 0) is 30.7 Å². The summed E-state index contributed by atoms with van der Waals surface area (Å²) in [6.07, 6.45) is -0.860. The Morgan fingerprint density at radius 3 is 1.77 bits per heavy atom. The van der Waals surface area contributed by atoms with Gasteiger partial charge in [-0.2, -0.15) is 0 Å². The summed E-state index contributed by atoms with van der Waals surface area (Å²) < 4.78 is 61.7. The second kappa shape index (κ2) is 11.7. The minimum atomic E-state index is -1.11. The van der Waals surface area contributed by atoms with Gasteiger partial charge in [0.1, 0.15) is 11.5 Å². The lowest BCUT2D eigenvalue weighted by atomic mass is 10.2. The summed E-state index contributed by atoms with van der Waals surface area (Å²) in [5.74, 6) is -5.44. The molecule has 7 nitrogen and oxygen atoms in total. The summed E-state index contributed by atoms with van der Waals surface area (Å²) >= 11 is 0. The molecule has 1 unspecified atom stereocenters. The molecule has 11 heteroatoms. The van der Waals surface area contributed by atoms with Crippen LogP contribution in [0.1, 0.15) is 6.42 Å². The Morgan fingerprint density at radius 1 is 0.806 bits per heavy atom. The van der Waals surface area contributed by atoms with E-state index in [-0.39, 0.29) is 31.0 Å². The van der Waals surface area contributed by atoms with Gasteiger partial charge in [0, 0.05) is 25.2 Å². The summed E-state index contributed by atoms with van der Waals surface area (Å²) in [7, 11) is 0. The lowest BCUT2D eigenvalue weighted by Gasteiger charge is -2.13. The van der Waals surface area contributed by atoms with Gasteiger partial charge in [-0.15, -0.1) is 0 Å². The van der Waals surface area contributed by atoms with E-state index in [1.165, 1.54) is 12.1 Å². The van der Waals surface area contributed by atoms with Crippen LogP contribution in [0.25, 0.3) is 0 Å². The molecular weight excluding hydrogens is 424 g/mol. The average molecular weight is 444 g/mol. The number of carbonyl (C=O) groups is 2. The first-order valence-corrected chi connectivity index (χ1v) is 9.11. The fraction of sp³-hybridized carbons (Fsp3) is 0.300. The number of benzene rings is 2. The van der Waals surface area contributed by atoms with Crippen LogP contribution in [0, 0.1) is 23.3 Å². The highest BCUT2D eigenvalue weighted by molar-refractivity contribution is 5.78. The molecule has 0 saturated heterocycles. The van der Waals surface area contributed by atoms with Gasteiger partial charge < -0.3 is 25.2 Å². The summed E-state index contributed by atoms with van der Waals surface area (Å²) in [6, 6.07) is 5.69. The number of carbonyl (C=O) groups excluding carboxylic acids is 2. The zero-order valence-corrected chi connectivity index (χ0v) is 16.2. The van der Waals surface area contributed by atoms with Crippen LogP contribution in [0.4, 0.5) is 17.6 Å². The number of halogens is 4. The maximum atomic E-state index is 13.0. The van der Waals surface area contributed by atoms with Crippen molar-refractivity contribution in [3.8, 4) is 11.5 Å². The minimum Gasteiger partial charge on any atom is -0.484 e. The Balaban J connectivity index is 1.57. The molecule has 0 bridgehead atoms. The van der Waals surface area contributed by atoms with Crippen molar-refractivity contribution < 1.29 is 41.7 Å². The fourth-order valence-corrected chi connectivity index (χ4v) is 2.25. The second-order valence-electron chi connectivity index (χ2n) is 6.33. The van der Waals surface area contributed by atoms with Crippen molar-refractivity contribution in [2.24, 2.45) is 0 Å². The highest BCUT2D eigenvalue weighted by Gasteiger charge is 2.11. The van der Waals surface area contributed by atoms with E-state index in [0.717, 1.165) is 24.3 Å². The van der Waals surface area contributed by atoms with E-state index in [9.17, 15) is 32.3 Å². The topological polar surface area (TPSA) is 96.9 Å². The summed E-state index contributed by atoms with van der Waals surface area (Å²) in [6.45, 7) is -0.946. The molecule has 31 heavy (non-hydrogen) atoms. The van der Waals surface area contributed by atoms with Crippen LogP contribution in [0.3, 0.4) is 0 Å². The van der Waals surface area contributed by atoms with E-state index >= 15 is 0 Å². The van der Waals surface area contributed by atoms with E-state index in [4.69, 9.17) is 9.47 Å². The van der Waals surface area contributed by atoms with Gasteiger partial charge in [-0.3, -0.25) is 9.59 Å². The predicted octanol–water partition coefficient (Wildman–Crippen LogP) is 1.68. The largest absolute Gasteiger partial charge is 0.484 e. The number of nitrogens with one attached hydrogen (secondary N) is 2. The van der Waals surface area contributed by atoms with Crippen molar-refractivity contribution in [3.05, 3.63) is 59.7 Å². The van der Waals surface area contributed by atoms with E-state index in [1.54, 1.807) is 0 Å². The average Bonchev–Trinajstić information content (AvgIpc) is 2.74. The van der Waals surface area contributed by atoms with Crippen LogP contribution >= 0.6 is 0 Å². The van der Waals surface area contributed by atoms with Crippen LogP contribution in [0.15, 0.2) is 36.4 Å². The molecule has 0 saturated carbocycles. The molecule has 0 aliphatic rings. The monoisotopic (exact) mass is 444 g/mol. The molecule has 2 aromatic rings. The molecule has 0 aromatic heterocycles. The van der Waals surface area contributed by atoms with Crippen molar-refractivity contribution in [1.82, 2.24) is 10.6 Å². The van der Waals surface area contributed by atoms with Crippen LogP contribution in [0.2, 0.25) is 0 Å². The molecule has 3 N–H and O–H groups in total. The predicted molar refractivity (Wildman–Crippen MR) is 100 cm³/mol. The summed E-state index contributed by atoms with van der Waals surface area (Å²) in [4.78, 5) is 23.3. The standard InChI is InChI=1S/C20H20F4N2O5/c21-15-3-1-13(7-17(15)23)30-10-19(28)25-6-5-12(27)9-26-20(29)11-31-14-2-4-16(22)18(24)8-14/h1-4,7-8,12,27H,5-6,9-11H2,(H,25,28)(H,26,29). The molecular formula is C20H20F4N2O5. The van der Waals surface area contributed by atoms with Crippen molar-refractivity contribution in [1.29, 1.82) is 0 Å². The third kappa shape index (κ3) is 8.51. The zero-order valence-electron chi connectivity index (χ0n) is 16.2. The first-order chi connectivity index (χ1) is 14.7. The van der Waals surface area contributed by atoms with Crippen LogP contribution in [-0.2, 0) is 9.59 Å². The molecule has 0 fully saturated rings. The van der Waals surface area contributed by atoms with E-state index in [1.807, 2.05) is 0 Å². The van der Waals surface area contributed by atoms with E-state index in [2.05, 4.69) is 10.6 Å². The number of hydrogen-bond acceptors (Lipinski definition) is 5. The first kappa shape index (κ1) is 23.9. The molecule has 2 aromatic carbocycles. The van der Waals surface area contributed by atoms with Crippen molar-refractivity contribution in [3.63, 3.8) is 0 Å². The Kier molecular flexibility index (Phi) is 9.07. The van der Waals surface area contributed by atoms with Crippen molar-refractivity contribution in [2.45, 2.75) is 12.5 Å². The van der Waals surface area contributed by atoms with Crippen LogP contribution < -0.4 is 20.1 Å². The smallest absolute Gasteiger partial charge is 0.258 e. The van der Waals surface area contributed by atoms with E-state index < -0.39 is 54.4 Å². The Hall–Kier alpha value is -3.34. The normalized spacial score (nSPS) is 11.5. The van der Waals surface area contributed by atoms with E-state index in [0.29, 0.717) is 0 Å². The maximum Gasteiger partial charge on any atom is 0.258 e. The van der Waals surface area contributed by atoms with Crippen molar-refractivity contribution >= 4 is 11.8 Å². The molecule has 1 atom stereocenters. The number of ether oxygens (including phenoxy) is 2. The highest BCUT2D eigenvalue weighted by atomic mass is 19.2. The molecule has 0 aliphatic carbocycles. The highest BCUT2D eigenvalue weighted by Crippen LogP contribution is 2.16. The third-order valence-corrected chi connectivity index (χ3v) is 3.86. The van der Waals surface area contributed by atoms with Gasteiger partial charge in [0.15, 0.2) is 36.5 Å². The number of aliphatic hydroxyl groups is 1. The minimum absolute atomic E-state index is 0.0117. The molecule has 0 radical (unpaired) electrons. The Morgan fingerprint density at radius 2 is 1.29 bits per heavy atom. The Labute approximate surface area is 175 Å². The Bertz CT molecular complexity index is 913.